The molecule has 1 heterocycles. The molecular formula is C23H23NO4. The van der Waals surface area contributed by atoms with Crippen LogP contribution in [0.4, 0.5) is 0 Å². The molecule has 5 heteroatoms. The van der Waals surface area contributed by atoms with Gasteiger partial charge in [-0.2, -0.15) is 0 Å². The van der Waals surface area contributed by atoms with Crippen molar-refractivity contribution in [2.75, 3.05) is 13.7 Å². The van der Waals surface area contributed by atoms with E-state index >= 15 is 0 Å². The Morgan fingerprint density at radius 1 is 1.07 bits per heavy atom. The van der Waals surface area contributed by atoms with Crippen molar-refractivity contribution in [3.8, 4) is 17.0 Å². The Morgan fingerprint density at radius 2 is 1.75 bits per heavy atom. The Balaban J connectivity index is 2.19. The highest BCUT2D eigenvalue weighted by Gasteiger charge is 2.27. The highest BCUT2D eigenvalue weighted by Crippen LogP contribution is 2.32. The summed E-state index contributed by atoms with van der Waals surface area (Å²) >= 11 is 0. The molecule has 0 aliphatic carbocycles. The van der Waals surface area contributed by atoms with E-state index in [2.05, 4.69) is 0 Å². The molecule has 0 unspecified atom stereocenters. The van der Waals surface area contributed by atoms with Gasteiger partial charge in [-0.25, -0.2) is 4.79 Å². The van der Waals surface area contributed by atoms with Crippen LogP contribution in [0.15, 0.2) is 54.6 Å². The fourth-order valence-corrected chi connectivity index (χ4v) is 3.32. The van der Waals surface area contributed by atoms with Gasteiger partial charge in [-0.3, -0.25) is 4.79 Å². The summed E-state index contributed by atoms with van der Waals surface area (Å²) in [5.74, 6) is 0.289. The normalized spacial score (nSPS) is 10.5. The second-order valence-electron chi connectivity index (χ2n) is 6.36. The van der Waals surface area contributed by atoms with Crippen molar-refractivity contribution in [1.29, 1.82) is 0 Å². The van der Waals surface area contributed by atoms with Crippen molar-refractivity contribution in [1.82, 2.24) is 4.57 Å². The van der Waals surface area contributed by atoms with Crippen molar-refractivity contribution in [3.05, 3.63) is 77.0 Å². The molecule has 3 aromatic rings. The average Bonchev–Trinajstić information content (AvgIpc) is 3.01. The molecule has 3 rings (SSSR count). The zero-order valence-electron chi connectivity index (χ0n) is 16.3. The van der Waals surface area contributed by atoms with E-state index in [0.29, 0.717) is 23.4 Å². The van der Waals surface area contributed by atoms with Crippen LogP contribution in [-0.2, 0) is 11.3 Å². The number of ether oxygens (including phenoxy) is 2. The van der Waals surface area contributed by atoms with Crippen LogP contribution in [0.25, 0.3) is 11.3 Å². The van der Waals surface area contributed by atoms with Gasteiger partial charge in [-0.1, -0.05) is 42.5 Å². The molecule has 0 bridgehead atoms. The third kappa shape index (κ3) is 3.69. The monoisotopic (exact) mass is 377 g/mol. The maximum Gasteiger partial charge on any atom is 0.341 e. The first kappa shape index (κ1) is 19.4. The summed E-state index contributed by atoms with van der Waals surface area (Å²) in [6, 6.07) is 17.3. The van der Waals surface area contributed by atoms with E-state index in [1.165, 1.54) is 0 Å². The van der Waals surface area contributed by atoms with E-state index in [0.717, 1.165) is 28.9 Å². The molecule has 2 aromatic carbocycles. The summed E-state index contributed by atoms with van der Waals surface area (Å²) in [5, 5.41) is 0. The Hall–Kier alpha value is -3.34. The quantitative estimate of drug-likeness (QED) is 0.449. The predicted octanol–water partition coefficient (Wildman–Crippen LogP) is 4.51. The van der Waals surface area contributed by atoms with Gasteiger partial charge in [0.1, 0.15) is 5.75 Å². The van der Waals surface area contributed by atoms with Crippen molar-refractivity contribution in [2.45, 2.75) is 20.4 Å². The molecular weight excluding hydrogens is 354 g/mol. The summed E-state index contributed by atoms with van der Waals surface area (Å²) < 4.78 is 12.5. The Bertz CT molecular complexity index is 972. The molecule has 0 saturated carbocycles. The molecule has 5 nitrogen and oxygen atoms in total. The standard InChI is InChI=1S/C23H23NO4/c1-4-28-23(26)21-20(15-25)16(2)24(22(21)18-8-6-5-7-9-18)14-17-10-12-19(27-3)13-11-17/h5-13,15H,4,14H2,1-3H3. The summed E-state index contributed by atoms with van der Waals surface area (Å²) in [6.07, 6.45) is 0.735. The lowest BCUT2D eigenvalue weighted by Crippen LogP contribution is -2.09. The zero-order valence-corrected chi connectivity index (χ0v) is 16.3. The predicted molar refractivity (Wildman–Crippen MR) is 108 cm³/mol. The Morgan fingerprint density at radius 3 is 2.32 bits per heavy atom. The number of esters is 1. The van der Waals surface area contributed by atoms with Crippen LogP contribution in [-0.4, -0.2) is 30.5 Å². The minimum Gasteiger partial charge on any atom is -0.497 e. The van der Waals surface area contributed by atoms with Gasteiger partial charge < -0.3 is 14.0 Å². The number of rotatable bonds is 7. The van der Waals surface area contributed by atoms with E-state index in [1.807, 2.05) is 66.1 Å². The van der Waals surface area contributed by atoms with E-state index in [4.69, 9.17) is 9.47 Å². The lowest BCUT2D eigenvalue weighted by molar-refractivity contribution is 0.0525. The first-order valence-electron chi connectivity index (χ1n) is 9.14. The third-order valence-electron chi connectivity index (χ3n) is 4.72. The fourth-order valence-electron chi connectivity index (χ4n) is 3.32. The van der Waals surface area contributed by atoms with E-state index < -0.39 is 5.97 Å². The highest BCUT2D eigenvalue weighted by atomic mass is 16.5. The van der Waals surface area contributed by atoms with Gasteiger partial charge in [0.25, 0.3) is 0 Å². The number of aldehydes is 1. The number of hydrogen-bond acceptors (Lipinski definition) is 4. The Kier molecular flexibility index (Phi) is 5.94. The van der Waals surface area contributed by atoms with Crippen molar-refractivity contribution < 1.29 is 19.1 Å². The van der Waals surface area contributed by atoms with Gasteiger partial charge in [0, 0.05) is 12.2 Å². The topological polar surface area (TPSA) is 57.5 Å². The fraction of sp³-hybridized carbons (Fsp3) is 0.217. The van der Waals surface area contributed by atoms with Gasteiger partial charge >= 0.3 is 5.97 Å². The van der Waals surface area contributed by atoms with Gasteiger partial charge in [-0.05, 0) is 37.1 Å². The van der Waals surface area contributed by atoms with Crippen LogP contribution in [0.2, 0.25) is 0 Å². The number of benzene rings is 2. The summed E-state index contributed by atoms with van der Waals surface area (Å²) in [6.45, 7) is 4.36. The number of methoxy groups -OCH3 is 1. The average molecular weight is 377 g/mol. The molecule has 0 aliphatic heterocycles. The van der Waals surface area contributed by atoms with Crippen LogP contribution >= 0.6 is 0 Å². The minimum atomic E-state index is -0.486. The number of aromatic nitrogens is 1. The maximum absolute atomic E-state index is 12.7. The number of carbonyl (C=O) groups is 2. The lowest BCUT2D eigenvalue weighted by atomic mass is 10.0. The maximum atomic E-state index is 12.7. The molecule has 28 heavy (non-hydrogen) atoms. The van der Waals surface area contributed by atoms with Gasteiger partial charge in [-0.15, -0.1) is 0 Å². The van der Waals surface area contributed by atoms with Gasteiger partial charge in [0.2, 0.25) is 0 Å². The number of nitrogens with zero attached hydrogens (tertiary/aromatic N) is 1. The Labute approximate surface area is 164 Å². The summed E-state index contributed by atoms with van der Waals surface area (Å²) in [7, 11) is 1.63. The van der Waals surface area contributed by atoms with Crippen molar-refractivity contribution >= 4 is 12.3 Å². The van der Waals surface area contributed by atoms with Crippen LogP contribution in [0.3, 0.4) is 0 Å². The molecule has 0 amide bonds. The molecule has 0 atom stereocenters. The zero-order chi connectivity index (χ0) is 20.1. The largest absolute Gasteiger partial charge is 0.497 e. The lowest BCUT2D eigenvalue weighted by Gasteiger charge is -2.14. The second kappa shape index (κ2) is 8.57. The molecule has 0 spiro atoms. The number of carbonyl (C=O) groups excluding carboxylic acids is 2. The first-order valence-corrected chi connectivity index (χ1v) is 9.14. The van der Waals surface area contributed by atoms with E-state index in [9.17, 15) is 9.59 Å². The van der Waals surface area contributed by atoms with Crippen LogP contribution in [0.5, 0.6) is 5.75 Å². The van der Waals surface area contributed by atoms with Crippen LogP contribution in [0, 0.1) is 6.92 Å². The molecule has 0 aliphatic rings. The van der Waals surface area contributed by atoms with Gasteiger partial charge in [0.15, 0.2) is 6.29 Å². The van der Waals surface area contributed by atoms with E-state index in [1.54, 1.807) is 14.0 Å². The molecule has 0 N–H and O–H groups in total. The summed E-state index contributed by atoms with van der Waals surface area (Å²) in [5.41, 5.74) is 3.99. The molecule has 0 radical (unpaired) electrons. The number of hydrogen-bond donors (Lipinski definition) is 0. The van der Waals surface area contributed by atoms with E-state index in [-0.39, 0.29) is 6.61 Å². The molecule has 144 valence electrons. The van der Waals surface area contributed by atoms with Crippen molar-refractivity contribution in [3.63, 3.8) is 0 Å². The smallest absolute Gasteiger partial charge is 0.341 e. The SMILES string of the molecule is CCOC(=O)c1c(C=O)c(C)n(Cc2ccc(OC)cc2)c1-c1ccccc1. The van der Waals surface area contributed by atoms with Gasteiger partial charge in [0.05, 0.1) is 30.5 Å². The highest BCUT2D eigenvalue weighted by molar-refractivity contribution is 6.05. The van der Waals surface area contributed by atoms with Crippen molar-refractivity contribution in [2.24, 2.45) is 0 Å². The minimum absolute atomic E-state index is 0.244. The first-order chi connectivity index (χ1) is 13.6. The second-order valence-corrected chi connectivity index (χ2v) is 6.36. The molecule has 0 saturated heterocycles. The van der Waals surface area contributed by atoms with Crippen LogP contribution < -0.4 is 4.74 Å². The third-order valence-corrected chi connectivity index (χ3v) is 4.72. The van der Waals surface area contributed by atoms with Crippen LogP contribution in [0.1, 0.15) is 38.9 Å². The molecule has 0 fully saturated rings. The summed E-state index contributed by atoms with van der Waals surface area (Å²) in [4.78, 5) is 24.6. The molecule has 1 aromatic heterocycles.